The third-order valence-electron chi connectivity index (χ3n) is 3.05. The van der Waals surface area contributed by atoms with E-state index in [0.29, 0.717) is 41.8 Å². The molecule has 1 heterocycles. The summed E-state index contributed by atoms with van der Waals surface area (Å²) in [5, 5.41) is 5.53. The molecule has 0 fully saturated rings. The van der Waals surface area contributed by atoms with Crippen LogP contribution in [0, 0.1) is 0 Å². The molecule has 0 aromatic heterocycles. The topological polar surface area (TPSA) is 76.7 Å². The van der Waals surface area contributed by atoms with E-state index >= 15 is 0 Å². The van der Waals surface area contributed by atoms with E-state index in [9.17, 15) is 9.59 Å². The highest BCUT2D eigenvalue weighted by molar-refractivity contribution is 6.32. The maximum absolute atomic E-state index is 11.7. The van der Waals surface area contributed by atoms with Crippen molar-refractivity contribution in [1.82, 2.24) is 10.6 Å². The number of carbonyl (C=O) groups is 2. The van der Waals surface area contributed by atoms with Crippen LogP contribution in [0.4, 0.5) is 0 Å². The van der Waals surface area contributed by atoms with Crippen LogP contribution in [-0.4, -0.2) is 38.1 Å². The highest BCUT2D eigenvalue weighted by Crippen LogP contribution is 2.38. The van der Waals surface area contributed by atoms with Gasteiger partial charge in [0, 0.05) is 19.0 Å². The van der Waals surface area contributed by atoms with Gasteiger partial charge < -0.3 is 20.1 Å². The van der Waals surface area contributed by atoms with Gasteiger partial charge in [0.05, 0.1) is 24.8 Å². The zero-order valence-electron chi connectivity index (χ0n) is 12.9. The van der Waals surface area contributed by atoms with E-state index in [4.69, 9.17) is 21.1 Å². The van der Waals surface area contributed by atoms with Gasteiger partial charge in [0.2, 0.25) is 11.8 Å². The molecule has 2 amide bonds. The summed E-state index contributed by atoms with van der Waals surface area (Å²) < 4.78 is 11.1. The van der Waals surface area contributed by atoms with Crippen LogP contribution in [-0.2, 0) is 9.59 Å². The summed E-state index contributed by atoms with van der Waals surface area (Å²) in [4.78, 5) is 22.9. The second kappa shape index (κ2) is 8.43. The second-order valence-corrected chi connectivity index (χ2v) is 5.29. The Labute approximate surface area is 139 Å². The summed E-state index contributed by atoms with van der Waals surface area (Å²) in [5.74, 6) is 0.506. The molecule has 0 saturated carbocycles. The summed E-state index contributed by atoms with van der Waals surface area (Å²) in [6.07, 6.45) is 3.74. The predicted octanol–water partition coefficient (Wildman–Crippen LogP) is 1.77. The van der Waals surface area contributed by atoms with Crippen molar-refractivity contribution in [2.24, 2.45) is 0 Å². The van der Waals surface area contributed by atoms with Gasteiger partial charge in [-0.3, -0.25) is 9.59 Å². The minimum absolute atomic E-state index is 0.0566. The van der Waals surface area contributed by atoms with Crippen LogP contribution in [0.25, 0.3) is 6.08 Å². The van der Waals surface area contributed by atoms with Crippen molar-refractivity contribution in [3.8, 4) is 11.5 Å². The van der Waals surface area contributed by atoms with Crippen molar-refractivity contribution >= 4 is 29.5 Å². The largest absolute Gasteiger partial charge is 0.489 e. The Morgan fingerprint density at radius 3 is 2.83 bits per heavy atom. The summed E-state index contributed by atoms with van der Waals surface area (Å²) in [7, 11) is 0. The molecule has 0 atom stereocenters. The van der Waals surface area contributed by atoms with E-state index in [1.54, 1.807) is 18.2 Å². The summed E-state index contributed by atoms with van der Waals surface area (Å²) in [5.41, 5.74) is 0.715. The van der Waals surface area contributed by atoms with E-state index in [-0.39, 0.29) is 18.4 Å². The van der Waals surface area contributed by atoms with Crippen LogP contribution in [0.3, 0.4) is 0 Å². The standard InChI is InChI=1S/C16H19ClN2O4/c1-2-18-15(21)10-19-14(20)5-4-11-8-12(17)16-13(9-11)22-6-3-7-23-16/h4-5,8-9H,2-3,6-7,10H2,1H3,(H,18,21)(H,19,20)/b5-4+. The van der Waals surface area contributed by atoms with Crippen LogP contribution < -0.4 is 20.1 Å². The number of nitrogens with one attached hydrogen (secondary N) is 2. The van der Waals surface area contributed by atoms with Crippen molar-refractivity contribution < 1.29 is 19.1 Å². The van der Waals surface area contributed by atoms with Crippen molar-refractivity contribution in [1.29, 1.82) is 0 Å². The SMILES string of the molecule is CCNC(=O)CNC(=O)/C=C/c1cc(Cl)c2c(c1)OCCCO2. The van der Waals surface area contributed by atoms with Gasteiger partial charge in [0.15, 0.2) is 11.5 Å². The predicted molar refractivity (Wildman–Crippen MR) is 87.8 cm³/mol. The van der Waals surface area contributed by atoms with E-state index in [1.807, 2.05) is 6.92 Å². The molecule has 23 heavy (non-hydrogen) atoms. The third kappa shape index (κ3) is 5.17. The Bertz CT molecular complexity index is 616. The first-order chi connectivity index (χ1) is 11.1. The van der Waals surface area contributed by atoms with Crippen molar-refractivity contribution in [2.75, 3.05) is 26.3 Å². The zero-order chi connectivity index (χ0) is 16.7. The van der Waals surface area contributed by atoms with E-state index < -0.39 is 0 Å². The number of hydrogen-bond acceptors (Lipinski definition) is 4. The van der Waals surface area contributed by atoms with Crippen LogP contribution in [0.1, 0.15) is 18.9 Å². The molecule has 0 unspecified atom stereocenters. The maximum atomic E-state index is 11.7. The maximum Gasteiger partial charge on any atom is 0.244 e. The molecular weight excluding hydrogens is 320 g/mol. The Kier molecular flexibility index (Phi) is 6.29. The number of likely N-dealkylation sites (N-methyl/N-ethyl adjacent to an activating group) is 1. The number of hydrogen-bond donors (Lipinski definition) is 2. The van der Waals surface area contributed by atoms with E-state index in [1.165, 1.54) is 6.08 Å². The first-order valence-electron chi connectivity index (χ1n) is 7.42. The Balaban J connectivity index is 1.99. The van der Waals surface area contributed by atoms with Crippen molar-refractivity contribution in [3.05, 3.63) is 28.8 Å². The number of halogens is 1. The average Bonchev–Trinajstić information content (AvgIpc) is 2.77. The molecule has 1 aromatic carbocycles. The van der Waals surface area contributed by atoms with Gasteiger partial charge in [0.25, 0.3) is 0 Å². The lowest BCUT2D eigenvalue weighted by atomic mass is 10.2. The number of amides is 2. The molecule has 0 bridgehead atoms. The fourth-order valence-corrected chi connectivity index (χ4v) is 2.28. The molecule has 0 spiro atoms. The number of carbonyl (C=O) groups excluding carboxylic acids is 2. The molecule has 2 N–H and O–H groups in total. The van der Waals surface area contributed by atoms with Gasteiger partial charge >= 0.3 is 0 Å². The summed E-state index contributed by atoms with van der Waals surface area (Å²) >= 11 is 6.18. The average molecular weight is 339 g/mol. The first-order valence-corrected chi connectivity index (χ1v) is 7.79. The number of rotatable bonds is 5. The third-order valence-corrected chi connectivity index (χ3v) is 3.33. The Hall–Kier alpha value is -2.21. The lowest BCUT2D eigenvalue weighted by molar-refractivity contribution is -0.123. The quantitative estimate of drug-likeness (QED) is 0.802. The zero-order valence-corrected chi connectivity index (χ0v) is 13.6. The normalized spacial score (nSPS) is 13.5. The van der Waals surface area contributed by atoms with Gasteiger partial charge in [0.1, 0.15) is 0 Å². The minimum Gasteiger partial charge on any atom is -0.489 e. The van der Waals surface area contributed by atoms with E-state index in [0.717, 1.165) is 6.42 Å². The highest BCUT2D eigenvalue weighted by Gasteiger charge is 2.14. The fourth-order valence-electron chi connectivity index (χ4n) is 2.00. The molecule has 0 radical (unpaired) electrons. The van der Waals surface area contributed by atoms with Gasteiger partial charge in [-0.05, 0) is 30.7 Å². The number of benzene rings is 1. The van der Waals surface area contributed by atoms with E-state index in [2.05, 4.69) is 10.6 Å². The molecule has 7 heteroatoms. The minimum atomic E-state index is -0.362. The molecule has 6 nitrogen and oxygen atoms in total. The molecule has 1 aliphatic rings. The lowest BCUT2D eigenvalue weighted by Gasteiger charge is -2.10. The molecular formula is C16H19ClN2O4. The van der Waals surface area contributed by atoms with Gasteiger partial charge in [-0.15, -0.1) is 0 Å². The molecule has 1 aliphatic heterocycles. The van der Waals surface area contributed by atoms with Crippen LogP contribution in [0.2, 0.25) is 5.02 Å². The summed E-state index contributed by atoms with van der Waals surface area (Å²) in [6.45, 7) is 3.40. The van der Waals surface area contributed by atoms with Gasteiger partial charge in [-0.1, -0.05) is 11.6 Å². The molecule has 0 aliphatic carbocycles. The Morgan fingerprint density at radius 1 is 1.26 bits per heavy atom. The highest BCUT2D eigenvalue weighted by atomic mass is 35.5. The van der Waals surface area contributed by atoms with Crippen LogP contribution >= 0.6 is 11.6 Å². The fraction of sp³-hybridized carbons (Fsp3) is 0.375. The van der Waals surface area contributed by atoms with Crippen molar-refractivity contribution in [3.63, 3.8) is 0 Å². The molecule has 0 saturated heterocycles. The summed E-state index contributed by atoms with van der Waals surface area (Å²) in [6, 6.07) is 3.46. The van der Waals surface area contributed by atoms with Gasteiger partial charge in [-0.25, -0.2) is 0 Å². The van der Waals surface area contributed by atoms with Crippen LogP contribution in [0.5, 0.6) is 11.5 Å². The number of ether oxygens (including phenoxy) is 2. The lowest BCUT2D eigenvalue weighted by Crippen LogP contribution is -2.35. The smallest absolute Gasteiger partial charge is 0.244 e. The van der Waals surface area contributed by atoms with Crippen LogP contribution in [0.15, 0.2) is 18.2 Å². The number of fused-ring (bicyclic) bond motifs is 1. The second-order valence-electron chi connectivity index (χ2n) is 4.89. The molecule has 1 aromatic rings. The monoisotopic (exact) mass is 338 g/mol. The van der Waals surface area contributed by atoms with Crippen molar-refractivity contribution in [2.45, 2.75) is 13.3 Å². The molecule has 2 rings (SSSR count). The molecule has 124 valence electrons. The van der Waals surface area contributed by atoms with Gasteiger partial charge in [-0.2, -0.15) is 0 Å². The Morgan fingerprint density at radius 2 is 2.04 bits per heavy atom. The first kappa shape index (κ1) is 17.1.